The Balaban J connectivity index is 0.000000208. The molecule has 3 nitrogen and oxygen atoms in total. The van der Waals surface area contributed by atoms with Gasteiger partial charge in [-0.1, -0.05) is 66.2 Å². The molecule has 0 aliphatic heterocycles. The molecule has 0 amide bonds. The molecule has 0 fully saturated rings. The molecule has 0 bridgehead atoms. The van der Waals surface area contributed by atoms with Crippen LogP contribution in [0.4, 0.5) is 0 Å². The fourth-order valence-electron chi connectivity index (χ4n) is 1.80. The van der Waals surface area contributed by atoms with E-state index in [1.165, 1.54) is 5.56 Å². The molecule has 0 radical (unpaired) electrons. The molecule has 0 aliphatic carbocycles. The summed E-state index contributed by atoms with van der Waals surface area (Å²) in [6.45, 7) is 2.08. The molecular formula is C22H19NO2S2. The van der Waals surface area contributed by atoms with Crippen LogP contribution < -0.4 is 0 Å². The zero-order valence-corrected chi connectivity index (χ0v) is 16.4. The molecule has 0 unspecified atom stereocenters. The Morgan fingerprint density at radius 3 is 1.41 bits per heavy atom. The Hall–Kier alpha value is -3.07. The SMILES string of the molecule is Cc1ccccc1.N#Cc1ccc(C(O)=S)cc1.OC(=S)c1ccccc1. The summed E-state index contributed by atoms with van der Waals surface area (Å²) in [4.78, 5) is 0. The lowest BCUT2D eigenvalue weighted by molar-refractivity contribution is 0.570. The maximum Gasteiger partial charge on any atom is 0.188 e. The number of hydrogen-bond donors (Lipinski definition) is 2. The van der Waals surface area contributed by atoms with E-state index >= 15 is 0 Å². The van der Waals surface area contributed by atoms with E-state index in [1.54, 1.807) is 36.4 Å². The van der Waals surface area contributed by atoms with Crippen LogP contribution in [0.1, 0.15) is 22.3 Å². The van der Waals surface area contributed by atoms with Gasteiger partial charge in [0.05, 0.1) is 11.6 Å². The largest absolute Gasteiger partial charge is 0.499 e. The molecule has 0 spiro atoms. The van der Waals surface area contributed by atoms with Crippen LogP contribution in [0.2, 0.25) is 0 Å². The van der Waals surface area contributed by atoms with Crippen LogP contribution in [0.5, 0.6) is 0 Å². The van der Waals surface area contributed by atoms with Gasteiger partial charge in [0.1, 0.15) is 0 Å². The quantitative estimate of drug-likeness (QED) is 0.546. The van der Waals surface area contributed by atoms with Crippen LogP contribution in [-0.2, 0) is 0 Å². The van der Waals surface area contributed by atoms with Crippen molar-refractivity contribution in [2.24, 2.45) is 0 Å². The summed E-state index contributed by atoms with van der Waals surface area (Å²) >= 11 is 9.03. The van der Waals surface area contributed by atoms with Crippen LogP contribution in [0.15, 0.2) is 84.9 Å². The number of aryl methyl sites for hydroxylation is 1. The fraction of sp³-hybridized carbons (Fsp3) is 0.0455. The van der Waals surface area contributed by atoms with E-state index in [0.717, 1.165) is 0 Å². The van der Waals surface area contributed by atoms with Crippen molar-refractivity contribution in [3.8, 4) is 6.07 Å². The minimum absolute atomic E-state index is 0.0457. The molecule has 0 aromatic heterocycles. The van der Waals surface area contributed by atoms with Crippen molar-refractivity contribution in [3.63, 3.8) is 0 Å². The Kier molecular flexibility index (Phi) is 10.0. The maximum absolute atomic E-state index is 8.84. The molecule has 0 atom stereocenters. The van der Waals surface area contributed by atoms with Crippen molar-refractivity contribution in [2.75, 3.05) is 0 Å². The minimum atomic E-state index is -0.144. The predicted molar refractivity (Wildman–Crippen MR) is 117 cm³/mol. The van der Waals surface area contributed by atoms with Gasteiger partial charge < -0.3 is 10.2 Å². The topological polar surface area (TPSA) is 64.2 Å². The van der Waals surface area contributed by atoms with Gasteiger partial charge in [0, 0.05) is 11.1 Å². The van der Waals surface area contributed by atoms with E-state index in [0.29, 0.717) is 16.7 Å². The third-order valence-corrected chi connectivity index (χ3v) is 3.69. The van der Waals surface area contributed by atoms with Crippen molar-refractivity contribution in [1.82, 2.24) is 0 Å². The molecule has 0 saturated heterocycles. The van der Waals surface area contributed by atoms with E-state index in [9.17, 15) is 0 Å². The summed E-state index contributed by atoms with van der Waals surface area (Å²) in [5.74, 6) is 0. The summed E-state index contributed by atoms with van der Waals surface area (Å²) in [5, 5.41) is 25.8. The van der Waals surface area contributed by atoms with Gasteiger partial charge in [0.25, 0.3) is 0 Å². The van der Waals surface area contributed by atoms with Crippen molar-refractivity contribution in [3.05, 3.63) is 107 Å². The average molecular weight is 394 g/mol. The third-order valence-electron chi connectivity index (χ3n) is 3.22. The zero-order chi connectivity index (χ0) is 20.1. The monoisotopic (exact) mass is 393 g/mol. The Morgan fingerprint density at radius 2 is 1.11 bits per heavy atom. The zero-order valence-electron chi connectivity index (χ0n) is 14.7. The summed E-state index contributed by atoms with van der Waals surface area (Å²) in [7, 11) is 0. The van der Waals surface area contributed by atoms with Crippen molar-refractivity contribution >= 4 is 34.5 Å². The molecule has 0 aliphatic rings. The molecule has 136 valence electrons. The van der Waals surface area contributed by atoms with Gasteiger partial charge in [-0.25, -0.2) is 0 Å². The standard InChI is InChI=1S/C8H5NOS.C7H6OS.C7H8/c9-5-6-1-3-7(4-2-6)8(10)11;8-7(9)6-4-2-1-3-5-6;1-7-5-3-2-4-6-7/h1-4H,(H,10,11);1-5H,(H,8,9);2-6H,1H3. The van der Waals surface area contributed by atoms with Gasteiger partial charge in [0.2, 0.25) is 0 Å². The number of benzene rings is 3. The molecule has 3 rings (SSSR count). The first kappa shape index (κ1) is 22.0. The Labute approximate surface area is 170 Å². The minimum Gasteiger partial charge on any atom is -0.499 e. The molecule has 0 heterocycles. The van der Waals surface area contributed by atoms with E-state index in [2.05, 4.69) is 43.5 Å². The van der Waals surface area contributed by atoms with E-state index < -0.39 is 0 Å². The first-order valence-electron chi connectivity index (χ1n) is 7.97. The van der Waals surface area contributed by atoms with Crippen LogP contribution in [0.25, 0.3) is 0 Å². The second kappa shape index (κ2) is 12.3. The normalized spacial score (nSPS) is 8.74. The Morgan fingerprint density at radius 1 is 0.704 bits per heavy atom. The fourth-order valence-corrected chi connectivity index (χ4v) is 2.07. The summed E-state index contributed by atoms with van der Waals surface area (Å²) in [6.07, 6.45) is 0. The molecule has 0 saturated carbocycles. The number of rotatable bonds is 2. The molecule has 2 N–H and O–H groups in total. The predicted octanol–water partition coefficient (Wildman–Crippen LogP) is 5.71. The van der Waals surface area contributed by atoms with Crippen LogP contribution in [0, 0.1) is 18.3 Å². The summed E-state index contributed by atoms with van der Waals surface area (Å²) < 4.78 is 0. The number of aliphatic hydroxyl groups is 2. The molecule has 27 heavy (non-hydrogen) atoms. The van der Waals surface area contributed by atoms with E-state index in [-0.39, 0.29) is 10.1 Å². The van der Waals surface area contributed by atoms with Gasteiger partial charge in [-0.15, -0.1) is 0 Å². The van der Waals surface area contributed by atoms with Gasteiger partial charge in [-0.3, -0.25) is 0 Å². The molecular weight excluding hydrogens is 374 g/mol. The van der Waals surface area contributed by atoms with E-state index in [4.69, 9.17) is 15.5 Å². The molecule has 3 aromatic rings. The van der Waals surface area contributed by atoms with E-state index in [1.807, 2.05) is 42.5 Å². The van der Waals surface area contributed by atoms with Crippen LogP contribution in [0.3, 0.4) is 0 Å². The van der Waals surface area contributed by atoms with Crippen molar-refractivity contribution in [2.45, 2.75) is 6.92 Å². The van der Waals surface area contributed by atoms with Crippen molar-refractivity contribution in [1.29, 1.82) is 5.26 Å². The second-order valence-corrected chi connectivity index (χ2v) is 6.09. The van der Waals surface area contributed by atoms with Gasteiger partial charge in [0.15, 0.2) is 10.1 Å². The number of nitrogens with zero attached hydrogens (tertiary/aromatic N) is 1. The summed E-state index contributed by atoms with van der Waals surface area (Å²) in [6, 6.07) is 27.7. The highest BCUT2D eigenvalue weighted by atomic mass is 32.1. The van der Waals surface area contributed by atoms with Gasteiger partial charge in [-0.2, -0.15) is 5.26 Å². The second-order valence-electron chi connectivity index (χ2n) is 5.32. The first-order chi connectivity index (χ1) is 12.9. The van der Waals surface area contributed by atoms with Crippen LogP contribution >= 0.6 is 24.4 Å². The highest BCUT2D eigenvalue weighted by molar-refractivity contribution is 7.80. The number of hydrogen-bond acceptors (Lipinski definition) is 3. The van der Waals surface area contributed by atoms with Crippen molar-refractivity contribution < 1.29 is 10.2 Å². The highest BCUT2D eigenvalue weighted by Crippen LogP contribution is 2.03. The number of aliphatic hydroxyl groups excluding tert-OH is 2. The lowest BCUT2D eigenvalue weighted by Gasteiger charge is -1.94. The molecule has 5 heteroatoms. The van der Waals surface area contributed by atoms with Gasteiger partial charge >= 0.3 is 0 Å². The maximum atomic E-state index is 8.84. The highest BCUT2D eigenvalue weighted by Gasteiger charge is 1.96. The number of thiocarbonyl (C=S) groups is 2. The lowest BCUT2D eigenvalue weighted by atomic mass is 10.2. The van der Waals surface area contributed by atoms with Gasteiger partial charge in [-0.05, 0) is 55.6 Å². The smallest absolute Gasteiger partial charge is 0.188 e. The average Bonchev–Trinajstić information content (AvgIpc) is 2.70. The Bertz CT molecular complexity index is 887. The molecule has 3 aromatic carbocycles. The summed E-state index contributed by atoms with van der Waals surface area (Å²) in [5.41, 5.74) is 3.15. The lowest BCUT2D eigenvalue weighted by Crippen LogP contribution is -1.92. The number of nitriles is 1. The third kappa shape index (κ3) is 9.26. The van der Waals surface area contributed by atoms with Crippen LogP contribution in [-0.4, -0.2) is 20.3 Å². The first-order valence-corrected chi connectivity index (χ1v) is 8.79.